The molecular formula is C17H26O2. The van der Waals surface area contributed by atoms with Crippen molar-refractivity contribution in [1.82, 2.24) is 0 Å². The van der Waals surface area contributed by atoms with Gasteiger partial charge in [0, 0.05) is 0 Å². The lowest BCUT2D eigenvalue weighted by atomic mass is 9.84. The largest absolute Gasteiger partial charge is 0.461 e. The van der Waals surface area contributed by atoms with Gasteiger partial charge in [-0.25, -0.2) is 0 Å². The fraction of sp³-hybridized carbons (Fsp3) is 0.588. The Morgan fingerprint density at radius 2 is 1.79 bits per heavy atom. The van der Waals surface area contributed by atoms with Crippen LogP contribution in [0.1, 0.15) is 53.0 Å². The van der Waals surface area contributed by atoms with Crippen molar-refractivity contribution in [3.63, 3.8) is 0 Å². The van der Waals surface area contributed by atoms with E-state index < -0.39 is 5.41 Å². The van der Waals surface area contributed by atoms with Gasteiger partial charge in [0.2, 0.25) is 0 Å². The van der Waals surface area contributed by atoms with Gasteiger partial charge in [0.25, 0.3) is 0 Å². The molecule has 1 atom stereocenters. The van der Waals surface area contributed by atoms with Crippen LogP contribution in [0.2, 0.25) is 0 Å². The molecule has 2 heteroatoms. The highest BCUT2D eigenvalue weighted by Gasteiger charge is 2.33. The first-order valence-corrected chi connectivity index (χ1v) is 7.16. The van der Waals surface area contributed by atoms with Crippen molar-refractivity contribution in [1.29, 1.82) is 0 Å². The molecule has 0 spiro atoms. The normalized spacial score (nSPS) is 13.4. The molecule has 0 radical (unpaired) electrons. The Labute approximate surface area is 117 Å². The van der Waals surface area contributed by atoms with Gasteiger partial charge >= 0.3 is 5.97 Å². The second kappa shape index (κ2) is 6.74. The quantitative estimate of drug-likeness (QED) is 0.713. The summed E-state index contributed by atoms with van der Waals surface area (Å²) in [4.78, 5) is 12.4. The van der Waals surface area contributed by atoms with Gasteiger partial charge in [0.1, 0.15) is 6.10 Å². The summed E-state index contributed by atoms with van der Waals surface area (Å²) >= 11 is 0. The molecule has 1 aromatic rings. The fourth-order valence-electron chi connectivity index (χ4n) is 2.07. The van der Waals surface area contributed by atoms with Crippen LogP contribution in [0.25, 0.3) is 0 Å². The van der Waals surface area contributed by atoms with Crippen LogP contribution in [-0.4, -0.2) is 12.1 Å². The van der Waals surface area contributed by atoms with E-state index in [-0.39, 0.29) is 12.1 Å². The van der Waals surface area contributed by atoms with Crippen LogP contribution in [0.4, 0.5) is 0 Å². The molecule has 0 aliphatic rings. The lowest BCUT2D eigenvalue weighted by Gasteiger charge is -2.28. The summed E-state index contributed by atoms with van der Waals surface area (Å²) in [5.41, 5.74) is 0.404. The summed E-state index contributed by atoms with van der Waals surface area (Å²) in [6.07, 6.45) is 1.97. The average Bonchev–Trinajstić information content (AvgIpc) is 2.38. The van der Waals surface area contributed by atoms with Crippen molar-refractivity contribution in [2.24, 2.45) is 5.92 Å². The number of carbonyl (C=O) groups is 1. The van der Waals surface area contributed by atoms with Gasteiger partial charge < -0.3 is 4.74 Å². The first-order chi connectivity index (χ1) is 8.89. The molecule has 0 aliphatic carbocycles. The molecule has 0 saturated carbocycles. The number of ether oxygens (including phenoxy) is 1. The average molecular weight is 262 g/mol. The monoisotopic (exact) mass is 262 g/mol. The predicted molar refractivity (Wildman–Crippen MR) is 79.1 cm³/mol. The third kappa shape index (κ3) is 4.09. The Bertz CT molecular complexity index is 393. The Hall–Kier alpha value is -1.31. The summed E-state index contributed by atoms with van der Waals surface area (Å²) in [6, 6.07) is 9.82. The lowest BCUT2D eigenvalue weighted by Crippen LogP contribution is -2.35. The van der Waals surface area contributed by atoms with E-state index >= 15 is 0 Å². The van der Waals surface area contributed by atoms with Crippen LogP contribution in [0.5, 0.6) is 0 Å². The summed E-state index contributed by atoms with van der Waals surface area (Å²) in [5.74, 6) is 0.223. The molecule has 0 saturated heterocycles. The second-order valence-electron chi connectivity index (χ2n) is 5.97. The van der Waals surface area contributed by atoms with Crippen LogP contribution >= 0.6 is 0 Å². The number of hydrogen-bond acceptors (Lipinski definition) is 2. The minimum absolute atomic E-state index is 0.0143. The van der Waals surface area contributed by atoms with Gasteiger partial charge in [-0.3, -0.25) is 4.79 Å². The minimum Gasteiger partial charge on any atom is -0.461 e. The van der Waals surface area contributed by atoms with Crippen LogP contribution in [-0.2, 0) is 14.9 Å². The first kappa shape index (κ1) is 15.7. The molecule has 19 heavy (non-hydrogen) atoms. The highest BCUT2D eigenvalue weighted by molar-refractivity contribution is 5.82. The summed E-state index contributed by atoms with van der Waals surface area (Å²) in [6.45, 7) is 10.2. The number of benzene rings is 1. The van der Waals surface area contributed by atoms with Gasteiger partial charge in [0.15, 0.2) is 0 Å². The maximum absolute atomic E-state index is 12.4. The van der Waals surface area contributed by atoms with E-state index in [2.05, 4.69) is 20.8 Å². The van der Waals surface area contributed by atoms with E-state index in [0.29, 0.717) is 5.92 Å². The van der Waals surface area contributed by atoms with Crippen LogP contribution in [0, 0.1) is 5.92 Å². The van der Waals surface area contributed by atoms with Crippen molar-refractivity contribution in [2.45, 2.75) is 59.0 Å². The molecule has 0 N–H and O–H groups in total. The van der Waals surface area contributed by atoms with Crippen molar-refractivity contribution < 1.29 is 9.53 Å². The lowest BCUT2D eigenvalue weighted by molar-refractivity contribution is -0.157. The Morgan fingerprint density at radius 3 is 2.26 bits per heavy atom. The molecule has 0 aliphatic heterocycles. The zero-order valence-corrected chi connectivity index (χ0v) is 12.8. The summed E-state index contributed by atoms with van der Waals surface area (Å²) < 4.78 is 5.73. The molecule has 0 bridgehead atoms. The van der Waals surface area contributed by atoms with E-state index in [9.17, 15) is 4.79 Å². The maximum Gasteiger partial charge on any atom is 0.316 e. The highest BCUT2D eigenvalue weighted by atomic mass is 16.5. The molecule has 0 aromatic heterocycles. The van der Waals surface area contributed by atoms with Crippen molar-refractivity contribution in [2.75, 3.05) is 0 Å². The molecule has 1 aromatic carbocycles. The first-order valence-electron chi connectivity index (χ1n) is 7.16. The van der Waals surface area contributed by atoms with E-state index in [1.807, 2.05) is 44.2 Å². The topological polar surface area (TPSA) is 26.3 Å². The molecule has 0 amide bonds. The summed E-state index contributed by atoms with van der Waals surface area (Å²) in [5, 5.41) is 0. The number of esters is 1. The van der Waals surface area contributed by atoms with Crippen molar-refractivity contribution in [3.05, 3.63) is 35.9 Å². The third-order valence-corrected chi connectivity index (χ3v) is 3.58. The van der Waals surface area contributed by atoms with Crippen LogP contribution in [0.15, 0.2) is 30.3 Å². The van der Waals surface area contributed by atoms with Crippen molar-refractivity contribution in [3.8, 4) is 0 Å². The van der Waals surface area contributed by atoms with Gasteiger partial charge in [-0.2, -0.15) is 0 Å². The Balaban J connectivity index is 2.81. The fourth-order valence-corrected chi connectivity index (χ4v) is 2.07. The van der Waals surface area contributed by atoms with E-state index in [4.69, 9.17) is 4.74 Å². The van der Waals surface area contributed by atoms with Crippen molar-refractivity contribution >= 4 is 5.97 Å². The van der Waals surface area contributed by atoms with Gasteiger partial charge in [-0.1, -0.05) is 57.5 Å². The zero-order valence-electron chi connectivity index (χ0n) is 12.8. The molecule has 1 rings (SSSR count). The van der Waals surface area contributed by atoms with Crippen LogP contribution < -0.4 is 0 Å². The van der Waals surface area contributed by atoms with E-state index in [1.54, 1.807) is 0 Å². The molecule has 0 heterocycles. The number of rotatable bonds is 6. The molecule has 106 valence electrons. The minimum atomic E-state index is -0.595. The van der Waals surface area contributed by atoms with Gasteiger partial charge in [0.05, 0.1) is 5.41 Å². The smallest absolute Gasteiger partial charge is 0.316 e. The number of hydrogen-bond donors (Lipinski definition) is 0. The molecular weight excluding hydrogens is 236 g/mol. The second-order valence-corrected chi connectivity index (χ2v) is 5.97. The Kier molecular flexibility index (Phi) is 5.59. The number of carbonyl (C=O) groups excluding carboxylic acids is 1. The zero-order chi connectivity index (χ0) is 14.5. The Morgan fingerprint density at radius 1 is 1.21 bits per heavy atom. The highest BCUT2D eigenvalue weighted by Crippen LogP contribution is 2.26. The molecule has 1 unspecified atom stereocenters. The van der Waals surface area contributed by atoms with Gasteiger partial charge in [-0.05, 0) is 31.7 Å². The SMILES string of the molecule is CCCC(OC(=O)C(C)(C)c1ccccc1)C(C)C. The van der Waals surface area contributed by atoms with Crippen LogP contribution in [0.3, 0.4) is 0 Å². The summed E-state index contributed by atoms with van der Waals surface area (Å²) in [7, 11) is 0. The van der Waals surface area contributed by atoms with E-state index in [1.165, 1.54) is 0 Å². The van der Waals surface area contributed by atoms with E-state index in [0.717, 1.165) is 18.4 Å². The van der Waals surface area contributed by atoms with Gasteiger partial charge in [-0.15, -0.1) is 0 Å². The molecule has 0 fully saturated rings. The molecule has 2 nitrogen and oxygen atoms in total. The predicted octanol–water partition coefficient (Wildman–Crippen LogP) is 4.33. The third-order valence-electron chi connectivity index (χ3n) is 3.58. The standard InChI is InChI=1S/C17H26O2/c1-6-10-15(13(2)3)19-16(18)17(4,5)14-11-8-7-9-12-14/h7-9,11-13,15H,6,10H2,1-5H3. The maximum atomic E-state index is 12.4.